The van der Waals surface area contributed by atoms with E-state index in [2.05, 4.69) is 15.6 Å². The van der Waals surface area contributed by atoms with E-state index in [1.54, 1.807) is 0 Å². The van der Waals surface area contributed by atoms with Crippen molar-refractivity contribution in [1.29, 1.82) is 0 Å². The van der Waals surface area contributed by atoms with E-state index in [1.165, 1.54) is 42.6 Å². The Labute approximate surface area is 146 Å². The van der Waals surface area contributed by atoms with E-state index in [1.807, 2.05) is 0 Å². The van der Waals surface area contributed by atoms with Crippen LogP contribution in [-0.4, -0.2) is 5.16 Å². The van der Waals surface area contributed by atoms with E-state index < -0.39 is 11.7 Å². The van der Waals surface area contributed by atoms with Gasteiger partial charge in [-0.2, -0.15) is 13.2 Å². The Morgan fingerprint density at radius 3 is 2.60 bits per heavy atom. The molecule has 0 aliphatic heterocycles. The van der Waals surface area contributed by atoms with Crippen molar-refractivity contribution in [2.75, 3.05) is 0 Å². The second kappa shape index (κ2) is 6.54. The van der Waals surface area contributed by atoms with Crippen molar-refractivity contribution in [3.63, 3.8) is 0 Å². The summed E-state index contributed by atoms with van der Waals surface area (Å²) < 4.78 is 50.9. The first-order chi connectivity index (χ1) is 11.9. The standard InChI is InChI=1S/C18H9ClF3NO2/c1-2-11-6-7-13(8-15(11)19)25-16-5-3-4-14(12-9-23-24-10-12)17(16)18(20,21)22/h1,3-10H. The Morgan fingerprint density at radius 2 is 2.00 bits per heavy atom. The quantitative estimate of drug-likeness (QED) is 0.553. The molecule has 126 valence electrons. The number of rotatable bonds is 3. The third kappa shape index (κ3) is 3.47. The topological polar surface area (TPSA) is 35.3 Å². The van der Waals surface area contributed by atoms with Crippen LogP contribution >= 0.6 is 11.6 Å². The highest BCUT2D eigenvalue weighted by Gasteiger charge is 2.38. The van der Waals surface area contributed by atoms with Gasteiger partial charge in [-0.15, -0.1) is 6.42 Å². The van der Waals surface area contributed by atoms with E-state index in [-0.39, 0.29) is 27.6 Å². The van der Waals surface area contributed by atoms with Crippen LogP contribution in [0.15, 0.2) is 53.4 Å². The molecule has 0 fully saturated rings. The second-order valence-electron chi connectivity index (χ2n) is 4.98. The van der Waals surface area contributed by atoms with Crippen LogP contribution in [-0.2, 0) is 6.18 Å². The van der Waals surface area contributed by atoms with E-state index in [9.17, 15) is 13.2 Å². The minimum atomic E-state index is -4.65. The van der Waals surface area contributed by atoms with Crippen molar-refractivity contribution < 1.29 is 22.4 Å². The molecule has 3 rings (SSSR count). The monoisotopic (exact) mass is 363 g/mol. The molecule has 0 atom stereocenters. The highest BCUT2D eigenvalue weighted by molar-refractivity contribution is 6.31. The molecule has 0 aliphatic rings. The molecule has 0 radical (unpaired) electrons. The highest BCUT2D eigenvalue weighted by Crippen LogP contribution is 2.44. The summed E-state index contributed by atoms with van der Waals surface area (Å²) in [5.41, 5.74) is -0.422. The van der Waals surface area contributed by atoms with Gasteiger partial charge < -0.3 is 9.26 Å². The van der Waals surface area contributed by atoms with Gasteiger partial charge in [0.2, 0.25) is 0 Å². The van der Waals surface area contributed by atoms with Gasteiger partial charge >= 0.3 is 6.18 Å². The molecule has 0 saturated carbocycles. The van der Waals surface area contributed by atoms with E-state index in [4.69, 9.17) is 22.8 Å². The van der Waals surface area contributed by atoms with E-state index in [0.717, 1.165) is 6.26 Å². The van der Waals surface area contributed by atoms with Crippen molar-refractivity contribution in [3.8, 4) is 35.0 Å². The van der Waals surface area contributed by atoms with E-state index >= 15 is 0 Å². The van der Waals surface area contributed by atoms with Gasteiger partial charge in [-0.25, -0.2) is 0 Å². The number of ether oxygens (including phenoxy) is 1. The fraction of sp³-hybridized carbons (Fsp3) is 0.0556. The van der Waals surface area contributed by atoms with Gasteiger partial charge in [0, 0.05) is 22.8 Å². The van der Waals surface area contributed by atoms with Crippen molar-refractivity contribution in [2.24, 2.45) is 0 Å². The fourth-order valence-corrected chi connectivity index (χ4v) is 2.52. The lowest BCUT2D eigenvalue weighted by Gasteiger charge is -2.17. The number of hydrogen-bond donors (Lipinski definition) is 0. The Hall–Kier alpha value is -2.91. The normalized spacial score (nSPS) is 11.2. The van der Waals surface area contributed by atoms with Crippen LogP contribution in [0.5, 0.6) is 11.5 Å². The maximum Gasteiger partial charge on any atom is 0.420 e. The number of halogens is 4. The highest BCUT2D eigenvalue weighted by atomic mass is 35.5. The zero-order valence-corrected chi connectivity index (χ0v) is 13.2. The average Bonchev–Trinajstić information content (AvgIpc) is 3.08. The first kappa shape index (κ1) is 16.9. The molecule has 0 aliphatic carbocycles. The summed E-state index contributed by atoms with van der Waals surface area (Å²) in [5.74, 6) is 2.14. The lowest BCUT2D eigenvalue weighted by Crippen LogP contribution is -2.09. The van der Waals surface area contributed by atoms with Crippen LogP contribution in [0.3, 0.4) is 0 Å². The summed E-state index contributed by atoms with van der Waals surface area (Å²) in [7, 11) is 0. The van der Waals surface area contributed by atoms with Crippen LogP contribution in [0.25, 0.3) is 11.1 Å². The summed E-state index contributed by atoms with van der Waals surface area (Å²) >= 11 is 5.97. The predicted molar refractivity (Wildman–Crippen MR) is 86.4 cm³/mol. The molecular formula is C18H9ClF3NO2. The van der Waals surface area contributed by atoms with Crippen molar-refractivity contribution in [1.82, 2.24) is 5.16 Å². The molecule has 3 nitrogen and oxygen atoms in total. The summed E-state index contributed by atoms with van der Waals surface area (Å²) in [6.07, 6.45) is 2.96. The number of terminal acetylenes is 1. The molecule has 0 amide bonds. The molecule has 0 spiro atoms. The van der Waals surface area contributed by atoms with Gasteiger partial charge in [-0.3, -0.25) is 0 Å². The molecule has 0 saturated heterocycles. The summed E-state index contributed by atoms with van der Waals surface area (Å²) in [5, 5.41) is 3.66. The first-order valence-electron chi connectivity index (χ1n) is 6.94. The van der Waals surface area contributed by atoms with Gasteiger partial charge in [-0.05, 0) is 18.2 Å². The lowest BCUT2D eigenvalue weighted by molar-refractivity contribution is -0.138. The van der Waals surface area contributed by atoms with Crippen molar-refractivity contribution in [2.45, 2.75) is 6.18 Å². The Bertz CT molecular complexity index is 944. The molecular weight excluding hydrogens is 355 g/mol. The minimum Gasteiger partial charge on any atom is -0.457 e. The van der Waals surface area contributed by atoms with Gasteiger partial charge in [0.25, 0.3) is 0 Å². The molecule has 0 N–H and O–H groups in total. The van der Waals surface area contributed by atoms with Crippen LogP contribution < -0.4 is 4.74 Å². The maximum absolute atomic E-state index is 13.6. The van der Waals surface area contributed by atoms with Crippen LogP contribution in [0, 0.1) is 12.3 Å². The SMILES string of the molecule is C#Cc1ccc(Oc2cccc(-c3cnoc3)c2C(F)(F)F)cc1Cl. The van der Waals surface area contributed by atoms with Crippen molar-refractivity contribution in [3.05, 3.63) is 65.0 Å². The Morgan fingerprint density at radius 1 is 1.20 bits per heavy atom. The summed E-state index contributed by atoms with van der Waals surface area (Å²) in [6.45, 7) is 0. The second-order valence-corrected chi connectivity index (χ2v) is 5.38. The number of aromatic nitrogens is 1. The third-order valence-corrected chi connectivity index (χ3v) is 3.69. The number of nitrogens with zero attached hydrogens (tertiary/aromatic N) is 1. The minimum absolute atomic E-state index is 0.0995. The molecule has 2 aromatic carbocycles. The van der Waals surface area contributed by atoms with Gasteiger partial charge in [-0.1, -0.05) is 34.8 Å². The number of alkyl halides is 3. The van der Waals surface area contributed by atoms with Crippen molar-refractivity contribution >= 4 is 11.6 Å². The van der Waals surface area contributed by atoms with Gasteiger partial charge in [0.05, 0.1) is 11.2 Å². The van der Waals surface area contributed by atoms with Gasteiger partial charge in [0.15, 0.2) is 0 Å². The van der Waals surface area contributed by atoms with Crippen LogP contribution in [0.4, 0.5) is 13.2 Å². The fourth-order valence-electron chi connectivity index (χ4n) is 2.29. The molecule has 0 unspecified atom stereocenters. The summed E-state index contributed by atoms with van der Waals surface area (Å²) in [6, 6.07) is 8.30. The molecule has 1 aromatic heterocycles. The molecule has 25 heavy (non-hydrogen) atoms. The lowest BCUT2D eigenvalue weighted by atomic mass is 10.0. The zero-order valence-electron chi connectivity index (χ0n) is 12.5. The van der Waals surface area contributed by atoms with Crippen LogP contribution in [0.2, 0.25) is 5.02 Å². The number of benzene rings is 2. The predicted octanol–water partition coefficient (Wildman–Crippen LogP) is 5.79. The van der Waals surface area contributed by atoms with Gasteiger partial charge in [0.1, 0.15) is 23.3 Å². The Kier molecular flexibility index (Phi) is 4.43. The average molecular weight is 364 g/mol. The molecule has 3 aromatic rings. The third-order valence-electron chi connectivity index (χ3n) is 3.38. The smallest absolute Gasteiger partial charge is 0.420 e. The largest absolute Gasteiger partial charge is 0.457 e. The number of hydrogen-bond acceptors (Lipinski definition) is 3. The molecule has 7 heteroatoms. The first-order valence-corrected chi connectivity index (χ1v) is 7.32. The Balaban J connectivity index is 2.09. The molecule has 0 bridgehead atoms. The molecule has 1 heterocycles. The summed E-state index contributed by atoms with van der Waals surface area (Å²) in [4.78, 5) is 0. The maximum atomic E-state index is 13.6. The zero-order chi connectivity index (χ0) is 18.0. The van der Waals surface area contributed by atoms with E-state index in [0.29, 0.717) is 5.56 Å². The van der Waals surface area contributed by atoms with Crippen LogP contribution in [0.1, 0.15) is 11.1 Å².